The van der Waals surface area contributed by atoms with E-state index in [1.807, 2.05) is 20.1 Å². The number of para-hydroxylation sites is 1. The SMILES string of the molecule is CSCC[C@H](NC(=O)[C@H](CC(C)C)NC(=O)[C@H](Cc1c[nH]cn1)NC(=O)CNC(=O)[C@@H](NC(=O)[C@H](C)NC(=O)[C@H](Cc1c[nH]c2ccccc12)NC(=O)[C@H](CCC(N)=O)NC(=O)c1ccc(C(=O)NCCNC(=O)CN2CCN(CC(=O)O)CCN(CC(=O)O)CCN(CC(=O)O)CC2)cc1)C(C)C)C(N)=O. The molecule has 0 saturated carbocycles. The van der Waals surface area contributed by atoms with Crippen LogP contribution in [0.5, 0.6) is 0 Å². The molecule has 19 N–H and O–H groups in total. The van der Waals surface area contributed by atoms with Gasteiger partial charge in [0.05, 0.1) is 44.7 Å². The maximum Gasteiger partial charge on any atom is 0.317 e. The second kappa shape index (κ2) is 44.4. The number of hydrogen-bond acceptors (Lipinski definition) is 21. The molecule has 1 fully saturated rings. The van der Waals surface area contributed by atoms with E-state index in [9.17, 15) is 87.2 Å². The van der Waals surface area contributed by atoms with Gasteiger partial charge >= 0.3 is 17.9 Å². The molecular formula is C69H101N19O18S. The molecule has 0 unspecified atom stereocenters. The van der Waals surface area contributed by atoms with Crippen LogP contribution in [0.3, 0.4) is 0 Å². The fraction of sp³-hybridized carbons (Fsp3) is 0.536. The number of carbonyl (C=O) groups excluding carboxylic acids is 12. The molecule has 0 spiro atoms. The Labute approximate surface area is 622 Å². The first-order valence-corrected chi connectivity index (χ1v) is 36.4. The number of thioether (sulfide) groups is 1. The number of rotatable bonds is 42. The van der Waals surface area contributed by atoms with Crippen LogP contribution in [0.2, 0.25) is 0 Å². The highest BCUT2D eigenvalue weighted by Gasteiger charge is 2.35. The van der Waals surface area contributed by atoms with Crippen molar-refractivity contribution in [2.24, 2.45) is 23.3 Å². The number of amides is 12. The van der Waals surface area contributed by atoms with Crippen LogP contribution in [0, 0.1) is 11.8 Å². The Morgan fingerprint density at radius 1 is 0.523 bits per heavy atom. The molecule has 2 aromatic carbocycles. The van der Waals surface area contributed by atoms with E-state index in [1.54, 1.807) is 63.9 Å². The van der Waals surface area contributed by atoms with Crippen molar-refractivity contribution in [3.63, 3.8) is 0 Å². The number of nitrogens with two attached hydrogens (primary N) is 2. The number of carbonyl (C=O) groups is 15. The van der Waals surface area contributed by atoms with Crippen molar-refractivity contribution in [3.05, 3.63) is 89.6 Å². The van der Waals surface area contributed by atoms with E-state index in [4.69, 9.17) is 11.5 Å². The minimum absolute atomic E-state index is 0.0237. The van der Waals surface area contributed by atoms with Crippen LogP contribution in [-0.2, 0) is 75.2 Å². The van der Waals surface area contributed by atoms with Gasteiger partial charge in [-0.3, -0.25) is 91.5 Å². The molecule has 0 aliphatic carbocycles. The number of aromatic amines is 2. The lowest BCUT2D eigenvalue weighted by atomic mass is 10.0. The number of nitrogens with zero attached hydrogens (tertiary/aromatic N) is 5. The predicted molar refractivity (Wildman–Crippen MR) is 391 cm³/mol. The summed E-state index contributed by atoms with van der Waals surface area (Å²) in [7, 11) is 0. The van der Waals surface area contributed by atoms with Gasteiger partial charge in [0.2, 0.25) is 59.1 Å². The first kappa shape index (κ1) is 87.1. The number of H-pyrrole nitrogens is 2. The summed E-state index contributed by atoms with van der Waals surface area (Å²) in [5, 5.41) is 55.4. The molecule has 5 rings (SSSR count). The summed E-state index contributed by atoms with van der Waals surface area (Å²) in [5.41, 5.74) is 12.8. The lowest BCUT2D eigenvalue weighted by Crippen LogP contribution is -2.59. The number of fused-ring (bicyclic) bond motifs is 1. The van der Waals surface area contributed by atoms with Gasteiger partial charge in [0, 0.05) is 119 Å². The van der Waals surface area contributed by atoms with Crippen molar-refractivity contribution in [2.75, 3.05) is 110 Å². The zero-order chi connectivity index (χ0) is 78.9. The van der Waals surface area contributed by atoms with Gasteiger partial charge in [0.1, 0.15) is 42.3 Å². The van der Waals surface area contributed by atoms with Crippen LogP contribution in [0.1, 0.15) is 92.3 Å². The Morgan fingerprint density at radius 2 is 1.04 bits per heavy atom. The normalized spacial score (nSPS) is 15.4. The lowest BCUT2D eigenvalue weighted by molar-refractivity contribution is -0.140. The number of nitrogens with one attached hydrogen (secondary N) is 12. The number of aromatic nitrogens is 3. The molecule has 0 radical (unpaired) electrons. The number of benzene rings is 2. The van der Waals surface area contributed by atoms with E-state index < -0.39 is 150 Å². The van der Waals surface area contributed by atoms with Gasteiger partial charge in [-0.15, -0.1) is 0 Å². The smallest absolute Gasteiger partial charge is 0.317 e. The Balaban J connectivity index is 1.20. The molecule has 4 aromatic rings. The summed E-state index contributed by atoms with van der Waals surface area (Å²) in [5.74, 6) is -12.7. The Kier molecular flexibility index (Phi) is 36.1. The summed E-state index contributed by atoms with van der Waals surface area (Å²) in [6.07, 6.45) is 5.66. The van der Waals surface area contributed by atoms with Crippen LogP contribution in [0.4, 0.5) is 0 Å². The molecule has 7 atom stereocenters. The van der Waals surface area contributed by atoms with Gasteiger partial charge in [0.15, 0.2) is 0 Å². The van der Waals surface area contributed by atoms with Crippen LogP contribution >= 0.6 is 11.8 Å². The van der Waals surface area contributed by atoms with Crippen molar-refractivity contribution in [1.82, 2.24) is 87.7 Å². The average Bonchev–Trinajstić information content (AvgIpc) is 1.66. The summed E-state index contributed by atoms with van der Waals surface area (Å²) >= 11 is 1.45. The minimum Gasteiger partial charge on any atom is -0.480 e. The Hall–Kier alpha value is -10.6. The average molecular weight is 1520 g/mol. The van der Waals surface area contributed by atoms with E-state index in [-0.39, 0.29) is 141 Å². The molecule has 586 valence electrons. The second-order valence-electron chi connectivity index (χ2n) is 26.6. The molecule has 1 aliphatic rings. The Morgan fingerprint density at radius 3 is 1.57 bits per heavy atom. The highest BCUT2D eigenvalue weighted by Crippen LogP contribution is 2.20. The first-order valence-electron chi connectivity index (χ1n) is 35.0. The van der Waals surface area contributed by atoms with Crippen molar-refractivity contribution >= 4 is 111 Å². The maximum atomic E-state index is 14.5. The van der Waals surface area contributed by atoms with Crippen LogP contribution in [0.15, 0.2) is 67.3 Å². The zero-order valence-corrected chi connectivity index (χ0v) is 61.7. The maximum absolute atomic E-state index is 14.5. The number of imidazole rings is 1. The zero-order valence-electron chi connectivity index (χ0n) is 60.9. The standard InChI is InChI=1S/C69H101N19O18S/c1-40(2)29-51(67(104)80-49(61(71)98)17-28-107-6)82-68(105)53(31-46-33-72-39-77-46)79-55(90)34-76-69(106)60(41(3)4)84-62(99)42(5)78-66(103)52(30-45-32-75-48-10-8-7-9-47(45)48)83-65(102)50(15-16-54(70)89)81-64(101)44-13-11-43(12-14-44)63(100)74-19-18-73-56(91)35-85-20-22-86(36-57(92)93)24-26-88(38-59(96)97)27-25-87(23-21-85)37-58(94)95/h7-14,32-33,39-42,49-53,60,75H,15-31,34-38H2,1-6H3,(H2,70,89)(H2,71,98)(H,72,77)(H,73,91)(H,74,100)(H,76,106)(H,78,103)(H,79,90)(H,80,104)(H,81,101)(H,82,105)(H,83,102)(H,84,99)(H,92,93)(H,94,95)(H,96,97)/t42-,49-,50-,51-,52-,53-,60-/m0/s1. The van der Waals surface area contributed by atoms with Gasteiger partial charge in [-0.2, -0.15) is 11.8 Å². The molecule has 0 bridgehead atoms. The van der Waals surface area contributed by atoms with E-state index in [2.05, 4.69) is 68.1 Å². The number of hydrogen-bond donors (Lipinski definition) is 17. The van der Waals surface area contributed by atoms with Gasteiger partial charge in [-0.1, -0.05) is 45.9 Å². The van der Waals surface area contributed by atoms with Crippen LogP contribution in [0.25, 0.3) is 10.9 Å². The van der Waals surface area contributed by atoms with Crippen LogP contribution < -0.4 is 64.6 Å². The second-order valence-corrected chi connectivity index (χ2v) is 27.6. The largest absolute Gasteiger partial charge is 0.480 e. The fourth-order valence-electron chi connectivity index (χ4n) is 11.4. The minimum atomic E-state index is -1.50. The lowest BCUT2D eigenvalue weighted by Gasteiger charge is -2.32. The fourth-order valence-corrected chi connectivity index (χ4v) is 11.9. The summed E-state index contributed by atoms with van der Waals surface area (Å²) < 4.78 is 0. The van der Waals surface area contributed by atoms with Crippen molar-refractivity contribution < 1.29 is 87.2 Å². The third kappa shape index (κ3) is 31.2. The van der Waals surface area contributed by atoms with E-state index in [1.165, 1.54) is 55.5 Å². The third-order valence-corrected chi connectivity index (χ3v) is 17.8. The molecule has 3 heterocycles. The Bertz CT molecular complexity index is 3680. The highest BCUT2D eigenvalue weighted by atomic mass is 32.2. The topological polar surface area (TPSA) is 547 Å². The summed E-state index contributed by atoms with van der Waals surface area (Å²) in [6, 6.07) is 3.24. The molecule has 37 nitrogen and oxygen atoms in total. The molecular weight excluding hydrogens is 1410 g/mol. The van der Waals surface area contributed by atoms with E-state index in [0.717, 1.165) is 0 Å². The quantitative estimate of drug-likeness (QED) is 0.0188. The monoisotopic (exact) mass is 1520 g/mol. The first-order chi connectivity index (χ1) is 50.8. The number of primary amides is 2. The van der Waals surface area contributed by atoms with Crippen LogP contribution in [-0.4, -0.2) is 291 Å². The van der Waals surface area contributed by atoms with E-state index in [0.29, 0.717) is 27.9 Å². The molecule has 2 aromatic heterocycles. The highest BCUT2D eigenvalue weighted by molar-refractivity contribution is 7.98. The number of carboxylic acid groups (broad SMARTS) is 3. The van der Waals surface area contributed by atoms with Gasteiger partial charge in [-0.25, -0.2) is 4.98 Å². The predicted octanol–water partition coefficient (Wildman–Crippen LogP) is -3.95. The third-order valence-electron chi connectivity index (χ3n) is 17.2. The molecule has 38 heteroatoms. The molecule has 1 saturated heterocycles. The van der Waals surface area contributed by atoms with Gasteiger partial charge in [-0.05, 0) is 85.9 Å². The van der Waals surface area contributed by atoms with Gasteiger partial charge in [0.25, 0.3) is 11.8 Å². The molecule has 107 heavy (non-hydrogen) atoms. The molecule has 12 amide bonds. The van der Waals surface area contributed by atoms with Gasteiger partial charge < -0.3 is 89.9 Å². The van der Waals surface area contributed by atoms with Crippen molar-refractivity contribution in [1.29, 1.82) is 0 Å². The summed E-state index contributed by atoms with van der Waals surface area (Å²) in [6.45, 7) is 7.91. The summed E-state index contributed by atoms with van der Waals surface area (Å²) in [4.78, 5) is 214. The number of carboxylic acids is 3. The van der Waals surface area contributed by atoms with Crippen molar-refractivity contribution in [2.45, 2.75) is 115 Å². The van der Waals surface area contributed by atoms with E-state index >= 15 is 0 Å². The molecule has 1 aliphatic heterocycles. The van der Waals surface area contributed by atoms with Crippen molar-refractivity contribution in [3.8, 4) is 0 Å². The number of aliphatic carboxylic acids is 3.